The molecule has 0 radical (unpaired) electrons. The van der Waals surface area contributed by atoms with Crippen LogP contribution in [0.3, 0.4) is 0 Å². The molecule has 0 bridgehead atoms. The third kappa shape index (κ3) is 2.73. The lowest BCUT2D eigenvalue weighted by Gasteiger charge is -2.07. The molecule has 0 atom stereocenters. The minimum Gasteiger partial charge on any atom is -0.326 e. The minimum absolute atomic E-state index is 0.0663. The van der Waals surface area contributed by atoms with Gasteiger partial charge >= 0.3 is 0 Å². The third-order valence-corrected chi connectivity index (χ3v) is 4.04. The number of hydrogen-bond acceptors (Lipinski definition) is 4. The van der Waals surface area contributed by atoms with Gasteiger partial charge in [-0.15, -0.1) is 0 Å². The normalized spacial score (nSPS) is 10.8. The Balaban J connectivity index is 2.33. The van der Waals surface area contributed by atoms with Crippen molar-refractivity contribution in [1.29, 1.82) is 0 Å². The first-order chi connectivity index (χ1) is 9.43. The second-order valence-corrected chi connectivity index (χ2v) is 5.40. The van der Waals surface area contributed by atoms with Crippen LogP contribution in [0.2, 0.25) is 0 Å². The monoisotopic (exact) mass is 338 g/mol. The maximum atomic E-state index is 10.7. The summed E-state index contributed by atoms with van der Waals surface area (Å²) < 4.78 is 2.57. The summed E-state index contributed by atoms with van der Waals surface area (Å²) in [6.07, 6.45) is 0. The first-order valence-electron chi connectivity index (χ1n) is 6.09. The smallest absolute Gasteiger partial charge is 0.270 e. The fraction of sp³-hybridized carbons (Fsp3) is 0.308. The summed E-state index contributed by atoms with van der Waals surface area (Å²) in [5.41, 5.74) is 9.69. The molecule has 0 saturated heterocycles. The molecule has 0 aliphatic carbocycles. The van der Waals surface area contributed by atoms with Gasteiger partial charge in [0, 0.05) is 34.4 Å². The van der Waals surface area contributed by atoms with Crippen molar-refractivity contribution >= 4 is 21.6 Å². The largest absolute Gasteiger partial charge is 0.326 e. The molecule has 106 valence electrons. The van der Waals surface area contributed by atoms with E-state index in [1.54, 1.807) is 6.07 Å². The number of non-ortho nitro benzene ring substituents is 1. The van der Waals surface area contributed by atoms with Crippen LogP contribution in [0.25, 0.3) is 0 Å². The first kappa shape index (κ1) is 14.7. The minimum atomic E-state index is -0.412. The van der Waals surface area contributed by atoms with E-state index < -0.39 is 4.92 Å². The van der Waals surface area contributed by atoms with Gasteiger partial charge in [-0.25, -0.2) is 0 Å². The SMILES string of the molecule is Cc1nn(Cc2ccc([N+](=O)[O-])cc2Br)c(C)c1CN. The third-order valence-electron chi connectivity index (χ3n) is 3.30. The van der Waals surface area contributed by atoms with Gasteiger partial charge in [-0.2, -0.15) is 5.10 Å². The molecule has 2 N–H and O–H groups in total. The molecular weight excluding hydrogens is 324 g/mol. The number of halogens is 1. The molecule has 2 rings (SSSR count). The van der Waals surface area contributed by atoms with Gasteiger partial charge in [-0.05, 0) is 25.5 Å². The summed E-state index contributed by atoms with van der Waals surface area (Å²) in [6, 6.07) is 4.74. The van der Waals surface area contributed by atoms with Gasteiger partial charge in [0.15, 0.2) is 0 Å². The van der Waals surface area contributed by atoms with Gasteiger partial charge < -0.3 is 5.73 Å². The highest BCUT2D eigenvalue weighted by molar-refractivity contribution is 9.10. The van der Waals surface area contributed by atoms with Gasteiger partial charge in [0.1, 0.15) is 0 Å². The predicted molar refractivity (Wildman–Crippen MR) is 79.5 cm³/mol. The van der Waals surface area contributed by atoms with Crippen molar-refractivity contribution in [3.63, 3.8) is 0 Å². The van der Waals surface area contributed by atoms with E-state index in [1.807, 2.05) is 18.5 Å². The Kier molecular flexibility index (Phi) is 4.20. The quantitative estimate of drug-likeness (QED) is 0.685. The number of nitrogens with zero attached hydrogens (tertiary/aromatic N) is 3. The lowest BCUT2D eigenvalue weighted by Crippen LogP contribution is -2.06. The molecule has 1 aromatic carbocycles. The zero-order valence-corrected chi connectivity index (χ0v) is 12.8. The molecule has 0 spiro atoms. The number of aromatic nitrogens is 2. The maximum absolute atomic E-state index is 10.7. The Hall–Kier alpha value is -1.73. The Morgan fingerprint density at radius 3 is 2.65 bits per heavy atom. The molecule has 0 amide bonds. The molecule has 1 aromatic heterocycles. The van der Waals surface area contributed by atoms with Crippen molar-refractivity contribution in [2.75, 3.05) is 0 Å². The van der Waals surface area contributed by atoms with E-state index in [0.717, 1.165) is 22.5 Å². The zero-order chi connectivity index (χ0) is 14.9. The second kappa shape index (κ2) is 5.72. The molecule has 0 unspecified atom stereocenters. The van der Waals surface area contributed by atoms with Gasteiger partial charge in [0.2, 0.25) is 0 Å². The number of benzene rings is 1. The number of nitrogens with two attached hydrogens (primary N) is 1. The van der Waals surface area contributed by atoms with Crippen LogP contribution in [0.15, 0.2) is 22.7 Å². The molecule has 7 heteroatoms. The second-order valence-electron chi connectivity index (χ2n) is 4.54. The van der Waals surface area contributed by atoms with Crippen LogP contribution in [-0.4, -0.2) is 14.7 Å². The van der Waals surface area contributed by atoms with Crippen LogP contribution < -0.4 is 5.73 Å². The standard InChI is InChI=1S/C13H15BrN4O2/c1-8-12(6-15)9(2)17(16-8)7-10-3-4-11(18(19)20)5-13(10)14/h3-5H,6-7,15H2,1-2H3. The number of aryl methyl sites for hydroxylation is 1. The van der Waals surface area contributed by atoms with Crippen molar-refractivity contribution in [3.05, 3.63) is 55.3 Å². The molecule has 20 heavy (non-hydrogen) atoms. The number of nitro groups is 1. The highest BCUT2D eigenvalue weighted by Gasteiger charge is 2.13. The predicted octanol–water partition coefficient (Wildman–Crippen LogP) is 2.68. The molecule has 1 heterocycles. The highest BCUT2D eigenvalue weighted by Crippen LogP contribution is 2.24. The van der Waals surface area contributed by atoms with Crippen LogP contribution in [0, 0.1) is 24.0 Å². The average Bonchev–Trinajstić information content (AvgIpc) is 2.66. The van der Waals surface area contributed by atoms with Gasteiger partial charge in [0.05, 0.1) is 17.2 Å². The van der Waals surface area contributed by atoms with Crippen LogP contribution in [-0.2, 0) is 13.1 Å². The van der Waals surface area contributed by atoms with Gasteiger partial charge in [0.25, 0.3) is 5.69 Å². The lowest BCUT2D eigenvalue weighted by atomic mass is 10.2. The highest BCUT2D eigenvalue weighted by atomic mass is 79.9. The Morgan fingerprint density at radius 1 is 1.45 bits per heavy atom. The van der Waals surface area contributed by atoms with E-state index in [9.17, 15) is 10.1 Å². The number of nitro benzene ring substituents is 1. The first-order valence-corrected chi connectivity index (χ1v) is 6.89. The van der Waals surface area contributed by atoms with E-state index in [4.69, 9.17) is 5.73 Å². The van der Waals surface area contributed by atoms with Gasteiger partial charge in [-0.1, -0.05) is 15.9 Å². The van der Waals surface area contributed by atoms with Crippen LogP contribution in [0.4, 0.5) is 5.69 Å². The van der Waals surface area contributed by atoms with Crippen molar-refractivity contribution in [3.8, 4) is 0 Å². The Bertz CT molecular complexity index is 667. The van der Waals surface area contributed by atoms with Crippen LogP contribution in [0.5, 0.6) is 0 Å². The number of hydrogen-bond donors (Lipinski definition) is 1. The molecular formula is C13H15BrN4O2. The van der Waals surface area contributed by atoms with Crippen molar-refractivity contribution in [2.24, 2.45) is 5.73 Å². The van der Waals surface area contributed by atoms with E-state index >= 15 is 0 Å². The summed E-state index contributed by atoms with van der Waals surface area (Å²) in [4.78, 5) is 10.3. The molecule has 6 nitrogen and oxygen atoms in total. The molecule has 0 fully saturated rings. The lowest BCUT2D eigenvalue weighted by molar-refractivity contribution is -0.384. The van der Waals surface area contributed by atoms with E-state index in [2.05, 4.69) is 21.0 Å². The zero-order valence-electron chi connectivity index (χ0n) is 11.3. The summed E-state index contributed by atoms with van der Waals surface area (Å²) in [5.74, 6) is 0. The van der Waals surface area contributed by atoms with Crippen molar-refractivity contribution in [1.82, 2.24) is 9.78 Å². The Morgan fingerprint density at radius 2 is 2.15 bits per heavy atom. The van der Waals surface area contributed by atoms with E-state index in [-0.39, 0.29) is 5.69 Å². The van der Waals surface area contributed by atoms with Crippen LogP contribution >= 0.6 is 15.9 Å². The molecule has 0 saturated carbocycles. The van der Waals surface area contributed by atoms with Crippen molar-refractivity contribution < 1.29 is 4.92 Å². The molecule has 0 aliphatic rings. The summed E-state index contributed by atoms with van der Waals surface area (Å²) >= 11 is 3.37. The fourth-order valence-corrected chi connectivity index (χ4v) is 2.61. The molecule has 0 aliphatic heterocycles. The fourth-order valence-electron chi connectivity index (χ4n) is 2.12. The molecule has 2 aromatic rings. The van der Waals surface area contributed by atoms with E-state index in [1.165, 1.54) is 12.1 Å². The number of rotatable bonds is 4. The van der Waals surface area contributed by atoms with Gasteiger partial charge in [-0.3, -0.25) is 14.8 Å². The van der Waals surface area contributed by atoms with E-state index in [0.29, 0.717) is 17.6 Å². The summed E-state index contributed by atoms with van der Waals surface area (Å²) in [5, 5.41) is 15.2. The Labute approximate surface area is 124 Å². The summed E-state index contributed by atoms with van der Waals surface area (Å²) in [7, 11) is 0. The van der Waals surface area contributed by atoms with Crippen LogP contribution in [0.1, 0.15) is 22.5 Å². The topological polar surface area (TPSA) is 87.0 Å². The summed E-state index contributed by atoms with van der Waals surface area (Å²) in [6.45, 7) is 4.91. The maximum Gasteiger partial charge on any atom is 0.270 e. The average molecular weight is 339 g/mol. The van der Waals surface area contributed by atoms with Crippen molar-refractivity contribution in [2.45, 2.75) is 26.9 Å².